The number of hydrogen-bond acceptors (Lipinski definition) is 2. The zero-order valence-corrected chi connectivity index (χ0v) is 11.2. The molecule has 0 spiro atoms. The van der Waals surface area contributed by atoms with E-state index in [1.807, 2.05) is 43.3 Å². The van der Waals surface area contributed by atoms with E-state index >= 15 is 0 Å². The van der Waals surface area contributed by atoms with Gasteiger partial charge in [0.1, 0.15) is 5.52 Å². The standard InChI is InChI=1S/C15H12ClN3/c1-10(2)12-8-13(16)14-9-17-18-19(14)15(12)11-6-4-3-5-7-11/h3-9H,1H2,2H3. The van der Waals surface area contributed by atoms with Crippen LogP contribution in [-0.2, 0) is 0 Å². The van der Waals surface area contributed by atoms with Crippen LogP contribution < -0.4 is 0 Å². The average molecular weight is 270 g/mol. The number of aromatic nitrogens is 3. The molecular formula is C15H12ClN3. The first kappa shape index (κ1) is 11.9. The minimum Gasteiger partial charge on any atom is -0.211 e. The molecule has 0 aliphatic carbocycles. The number of benzene rings is 1. The lowest BCUT2D eigenvalue weighted by molar-refractivity contribution is 0.860. The Morgan fingerprint density at radius 2 is 2.00 bits per heavy atom. The van der Waals surface area contributed by atoms with E-state index in [1.54, 1.807) is 10.7 Å². The van der Waals surface area contributed by atoms with Gasteiger partial charge in [-0.15, -0.1) is 5.10 Å². The summed E-state index contributed by atoms with van der Waals surface area (Å²) in [6.07, 6.45) is 1.66. The normalized spacial score (nSPS) is 10.8. The Labute approximate surface area is 116 Å². The van der Waals surface area contributed by atoms with Crippen LogP contribution in [0.5, 0.6) is 0 Å². The van der Waals surface area contributed by atoms with Gasteiger partial charge in [0, 0.05) is 11.1 Å². The molecule has 1 aromatic carbocycles. The van der Waals surface area contributed by atoms with E-state index < -0.39 is 0 Å². The Morgan fingerprint density at radius 3 is 2.68 bits per heavy atom. The van der Waals surface area contributed by atoms with Gasteiger partial charge in [0.25, 0.3) is 0 Å². The summed E-state index contributed by atoms with van der Waals surface area (Å²) in [4.78, 5) is 0. The van der Waals surface area contributed by atoms with Crippen LogP contribution in [0.2, 0.25) is 5.02 Å². The van der Waals surface area contributed by atoms with Gasteiger partial charge >= 0.3 is 0 Å². The van der Waals surface area contributed by atoms with Gasteiger partial charge in [-0.05, 0) is 18.6 Å². The van der Waals surface area contributed by atoms with Crippen LogP contribution >= 0.6 is 11.6 Å². The lowest BCUT2D eigenvalue weighted by Gasteiger charge is -2.12. The molecule has 19 heavy (non-hydrogen) atoms. The van der Waals surface area contributed by atoms with Crippen LogP contribution in [0.4, 0.5) is 0 Å². The van der Waals surface area contributed by atoms with Crippen molar-refractivity contribution in [2.24, 2.45) is 0 Å². The number of fused-ring (bicyclic) bond motifs is 1. The van der Waals surface area contributed by atoms with E-state index in [9.17, 15) is 0 Å². The molecule has 3 nitrogen and oxygen atoms in total. The summed E-state index contributed by atoms with van der Waals surface area (Å²) >= 11 is 6.27. The Balaban J connectivity index is 2.44. The van der Waals surface area contributed by atoms with Crippen molar-refractivity contribution >= 4 is 22.7 Å². The third-order valence-electron chi connectivity index (χ3n) is 3.04. The minimum absolute atomic E-state index is 0.627. The van der Waals surface area contributed by atoms with Crippen LogP contribution in [0.25, 0.3) is 22.3 Å². The molecule has 0 aliphatic heterocycles. The molecule has 0 unspecified atom stereocenters. The van der Waals surface area contributed by atoms with Crippen LogP contribution in [0, 0.1) is 0 Å². The van der Waals surface area contributed by atoms with E-state index in [1.165, 1.54) is 0 Å². The first-order valence-corrected chi connectivity index (χ1v) is 6.30. The third-order valence-corrected chi connectivity index (χ3v) is 3.34. The largest absolute Gasteiger partial charge is 0.211 e. The highest BCUT2D eigenvalue weighted by atomic mass is 35.5. The van der Waals surface area contributed by atoms with Crippen molar-refractivity contribution in [2.75, 3.05) is 0 Å². The quantitative estimate of drug-likeness (QED) is 0.702. The summed E-state index contributed by atoms with van der Waals surface area (Å²) in [5, 5.41) is 8.72. The Kier molecular flexibility index (Phi) is 2.84. The first-order valence-electron chi connectivity index (χ1n) is 5.92. The predicted octanol–water partition coefficient (Wildman–Crippen LogP) is 4.08. The smallest absolute Gasteiger partial charge is 0.106 e. The fraction of sp³-hybridized carbons (Fsp3) is 0.0667. The van der Waals surface area contributed by atoms with Gasteiger partial charge in [-0.3, -0.25) is 0 Å². The Morgan fingerprint density at radius 1 is 1.26 bits per heavy atom. The van der Waals surface area contributed by atoms with Gasteiger partial charge in [0.05, 0.1) is 16.9 Å². The van der Waals surface area contributed by atoms with Gasteiger partial charge in [0.2, 0.25) is 0 Å². The summed E-state index contributed by atoms with van der Waals surface area (Å²) in [5.41, 5.74) is 4.75. The van der Waals surface area contributed by atoms with Crippen molar-refractivity contribution in [2.45, 2.75) is 6.92 Å². The van der Waals surface area contributed by atoms with E-state index in [4.69, 9.17) is 11.6 Å². The van der Waals surface area contributed by atoms with Crippen LogP contribution in [-0.4, -0.2) is 14.8 Å². The lowest BCUT2D eigenvalue weighted by Crippen LogP contribution is -1.99. The number of pyridine rings is 1. The summed E-state index contributed by atoms with van der Waals surface area (Å²) in [5.74, 6) is 0. The van der Waals surface area contributed by atoms with Crippen LogP contribution in [0.1, 0.15) is 12.5 Å². The van der Waals surface area contributed by atoms with E-state index in [2.05, 4.69) is 16.9 Å². The molecule has 0 amide bonds. The minimum atomic E-state index is 0.627. The summed E-state index contributed by atoms with van der Waals surface area (Å²) in [6, 6.07) is 12.0. The van der Waals surface area contributed by atoms with Crippen LogP contribution in [0.15, 0.2) is 49.2 Å². The second-order valence-electron chi connectivity index (χ2n) is 4.43. The molecule has 0 bridgehead atoms. The zero-order chi connectivity index (χ0) is 13.4. The summed E-state index contributed by atoms with van der Waals surface area (Å²) in [6.45, 7) is 5.98. The molecule has 0 fully saturated rings. The molecule has 0 aliphatic rings. The molecule has 0 radical (unpaired) electrons. The zero-order valence-electron chi connectivity index (χ0n) is 10.5. The van der Waals surface area contributed by atoms with Crippen molar-refractivity contribution in [3.05, 3.63) is 59.8 Å². The van der Waals surface area contributed by atoms with Gasteiger partial charge in [0.15, 0.2) is 0 Å². The number of halogens is 1. The van der Waals surface area contributed by atoms with Crippen molar-refractivity contribution in [3.8, 4) is 11.3 Å². The molecule has 2 aromatic heterocycles. The molecule has 0 saturated heterocycles. The van der Waals surface area contributed by atoms with E-state index in [-0.39, 0.29) is 0 Å². The van der Waals surface area contributed by atoms with Gasteiger partial charge in [-0.25, -0.2) is 4.52 Å². The number of allylic oxidation sites excluding steroid dienone is 1. The van der Waals surface area contributed by atoms with Crippen molar-refractivity contribution in [3.63, 3.8) is 0 Å². The number of hydrogen-bond donors (Lipinski definition) is 0. The van der Waals surface area contributed by atoms with Crippen molar-refractivity contribution in [1.29, 1.82) is 0 Å². The fourth-order valence-electron chi connectivity index (χ4n) is 2.15. The average Bonchev–Trinajstić information content (AvgIpc) is 2.89. The molecule has 94 valence electrons. The summed E-state index contributed by atoms with van der Waals surface area (Å²) < 4.78 is 1.77. The van der Waals surface area contributed by atoms with Gasteiger partial charge < -0.3 is 0 Å². The van der Waals surface area contributed by atoms with E-state index in [0.29, 0.717) is 5.02 Å². The highest BCUT2D eigenvalue weighted by molar-refractivity contribution is 6.34. The monoisotopic (exact) mass is 269 g/mol. The lowest BCUT2D eigenvalue weighted by atomic mass is 10.0. The molecule has 3 rings (SSSR count). The molecule has 3 aromatic rings. The SMILES string of the molecule is C=C(C)c1cc(Cl)c2cnnn2c1-c1ccccc1. The molecule has 0 N–H and O–H groups in total. The molecule has 0 saturated carbocycles. The molecule has 2 heterocycles. The van der Waals surface area contributed by atoms with Crippen LogP contribution in [0.3, 0.4) is 0 Å². The highest BCUT2D eigenvalue weighted by Crippen LogP contribution is 2.32. The van der Waals surface area contributed by atoms with E-state index in [0.717, 1.165) is 27.9 Å². The maximum atomic E-state index is 6.27. The second-order valence-corrected chi connectivity index (χ2v) is 4.84. The summed E-state index contributed by atoms with van der Waals surface area (Å²) in [7, 11) is 0. The molecule has 0 atom stereocenters. The number of rotatable bonds is 2. The maximum Gasteiger partial charge on any atom is 0.106 e. The Bertz CT molecular complexity index is 760. The maximum absolute atomic E-state index is 6.27. The van der Waals surface area contributed by atoms with Crippen molar-refractivity contribution in [1.82, 2.24) is 14.8 Å². The highest BCUT2D eigenvalue weighted by Gasteiger charge is 2.14. The topological polar surface area (TPSA) is 30.2 Å². The van der Waals surface area contributed by atoms with Crippen molar-refractivity contribution < 1.29 is 0 Å². The second kappa shape index (κ2) is 4.52. The number of nitrogens with zero attached hydrogens (tertiary/aromatic N) is 3. The Hall–Kier alpha value is -2.13. The fourth-order valence-corrected chi connectivity index (χ4v) is 2.38. The van der Waals surface area contributed by atoms with Gasteiger partial charge in [-0.1, -0.05) is 53.7 Å². The van der Waals surface area contributed by atoms with Gasteiger partial charge in [-0.2, -0.15) is 0 Å². The predicted molar refractivity (Wildman–Crippen MR) is 78.1 cm³/mol. The molecule has 4 heteroatoms. The third kappa shape index (κ3) is 1.92. The molecular weight excluding hydrogens is 258 g/mol. The first-order chi connectivity index (χ1) is 9.18.